The number of fused-ring (bicyclic) bond motifs is 2. The van der Waals surface area contributed by atoms with Gasteiger partial charge in [-0.05, 0) is 22.6 Å². The highest BCUT2D eigenvalue weighted by Gasteiger charge is 2.18. The lowest BCUT2D eigenvalue weighted by molar-refractivity contribution is -0.112. The number of ketones is 1. The van der Waals surface area contributed by atoms with Gasteiger partial charge < -0.3 is 0 Å². The van der Waals surface area contributed by atoms with Crippen LogP contribution < -0.4 is 10.4 Å². The lowest BCUT2D eigenvalue weighted by Crippen LogP contribution is -2.33. The van der Waals surface area contributed by atoms with Crippen LogP contribution in [0.3, 0.4) is 0 Å². The zero-order chi connectivity index (χ0) is 11.7. The molecule has 0 amide bonds. The standard InChI is InChI=1S/C15H11NO/c17-14-9-3-8-13-15(14)12-7-2-1-5-11(12)6-4-10-16-13/h1-8,10H,9H2/b6-4?,10-4-,11-6-,15-12+,16-10?,16-13-. The lowest BCUT2D eigenvalue weighted by Gasteiger charge is -2.11. The molecule has 17 heavy (non-hydrogen) atoms. The smallest absolute Gasteiger partial charge is 0.169 e. The fourth-order valence-corrected chi connectivity index (χ4v) is 2.14. The summed E-state index contributed by atoms with van der Waals surface area (Å²) in [5.74, 6) is 0.141. The Labute approximate surface area is 99.0 Å². The van der Waals surface area contributed by atoms with Crippen LogP contribution in [0.1, 0.15) is 6.42 Å². The van der Waals surface area contributed by atoms with E-state index < -0.39 is 0 Å². The monoisotopic (exact) mass is 221 g/mol. The van der Waals surface area contributed by atoms with Crippen molar-refractivity contribution in [3.05, 3.63) is 59.1 Å². The molecule has 1 aromatic rings. The first-order valence-electron chi connectivity index (χ1n) is 5.60. The zero-order valence-electron chi connectivity index (χ0n) is 9.26. The summed E-state index contributed by atoms with van der Waals surface area (Å²) in [6.45, 7) is 0. The highest BCUT2D eigenvalue weighted by atomic mass is 16.1. The number of rotatable bonds is 0. The normalized spacial score (nSPS) is 27.6. The van der Waals surface area contributed by atoms with Crippen molar-refractivity contribution in [2.45, 2.75) is 6.42 Å². The van der Waals surface area contributed by atoms with Gasteiger partial charge in [-0.3, -0.25) is 9.79 Å². The molecule has 0 bridgehead atoms. The Balaban J connectivity index is 2.50. The minimum absolute atomic E-state index is 0.141. The molecule has 1 aliphatic carbocycles. The first-order valence-corrected chi connectivity index (χ1v) is 5.60. The van der Waals surface area contributed by atoms with Crippen molar-refractivity contribution in [1.82, 2.24) is 0 Å². The molecule has 0 saturated carbocycles. The topological polar surface area (TPSA) is 29.4 Å². The van der Waals surface area contributed by atoms with E-state index >= 15 is 0 Å². The van der Waals surface area contributed by atoms with Gasteiger partial charge in [0, 0.05) is 12.6 Å². The summed E-state index contributed by atoms with van der Waals surface area (Å²) in [7, 11) is 0. The predicted octanol–water partition coefficient (Wildman–Crippen LogP) is 1.12. The largest absolute Gasteiger partial charge is 0.294 e. The van der Waals surface area contributed by atoms with E-state index in [0.29, 0.717) is 6.42 Å². The van der Waals surface area contributed by atoms with E-state index in [1.165, 1.54) is 0 Å². The number of hydrogen-bond donors (Lipinski definition) is 0. The molecule has 3 rings (SSSR count). The zero-order valence-corrected chi connectivity index (χ0v) is 9.26. The molecule has 0 unspecified atom stereocenters. The van der Waals surface area contributed by atoms with Crippen molar-refractivity contribution in [2.24, 2.45) is 4.99 Å². The van der Waals surface area contributed by atoms with E-state index in [2.05, 4.69) is 4.99 Å². The molecule has 1 aromatic carbocycles. The van der Waals surface area contributed by atoms with Crippen LogP contribution in [0, 0.1) is 0 Å². The van der Waals surface area contributed by atoms with Gasteiger partial charge in [0.05, 0.1) is 11.3 Å². The third-order valence-corrected chi connectivity index (χ3v) is 2.92. The molecule has 0 atom stereocenters. The average molecular weight is 221 g/mol. The van der Waals surface area contributed by atoms with Gasteiger partial charge in [-0.15, -0.1) is 0 Å². The van der Waals surface area contributed by atoms with Crippen molar-refractivity contribution in [3.63, 3.8) is 0 Å². The van der Waals surface area contributed by atoms with E-state index in [1.54, 1.807) is 6.20 Å². The maximum absolute atomic E-state index is 12.0. The maximum atomic E-state index is 12.0. The molecule has 82 valence electrons. The van der Waals surface area contributed by atoms with Crippen LogP contribution in [0.4, 0.5) is 0 Å². The molecule has 1 heterocycles. The molecule has 2 aliphatic rings. The second-order valence-corrected chi connectivity index (χ2v) is 4.01. The number of allylic oxidation sites excluding steroid dienone is 3. The van der Waals surface area contributed by atoms with Crippen LogP contribution in [0.2, 0.25) is 0 Å². The highest BCUT2D eigenvalue weighted by molar-refractivity contribution is 6.47. The van der Waals surface area contributed by atoms with Gasteiger partial charge >= 0.3 is 0 Å². The summed E-state index contributed by atoms with van der Waals surface area (Å²) in [6.07, 6.45) is 9.86. The second-order valence-electron chi connectivity index (χ2n) is 4.01. The Morgan fingerprint density at radius 1 is 1.18 bits per heavy atom. The van der Waals surface area contributed by atoms with Crippen LogP contribution in [0.5, 0.6) is 0 Å². The Hall–Kier alpha value is -2.22. The molecule has 0 N–H and O–H groups in total. The average Bonchev–Trinajstić information content (AvgIpc) is 2.32. The Bertz CT molecular complexity index is 690. The van der Waals surface area contributed by atoms with Gasteiger partial charge in [-0.2, -0.15) is 0 Å². The number of nitrogens with zero attached hydrogens (tertiary/aromatic N) is 1. The first kappa shape index (κ1) is 9.97. The molecule has 2 nitrogen and oxygen atoms in total. The first-order chi connectivity index (χ1) is 8.36. The Morgan fingerprint density at radius 2 is 2.06 bits per heavy atom. The Kier molecular flexibility index (Phi) is 2.33. The molecule has 0 aromatic heterocycles. The minimum Gasteiger partial charge on any atom is -0.294 e. The highest BCUT2D eigenvalue weighted by Crippen LogP contribution is 2.12. The van der Waals surface area contributed by atoms with Gasteiger partial charge in [0.1, 0.15) is 0 Å². The summed E-state index contributed by atoms with van der Waals surface area (Å²) >= 11 is 0. The predicted molar refractivity (Wildman–Crippen MR) is 68.9 cm³/mol. The third kappa shape index (κ3) is 1.68. The van der Waals surface area contributed by atoms with E-state index in [1.807, 2.05) is 48.6 Å². The molecule has 0 spiro atoms. The fourth-order valence-electron chi connectivity index (χ4n) is 2.14. The van der Waals surface area contributed by atoms with E-state index in [4.69, 9.17) is 0 Å². The summed E-state index contributed by atoms with van der Waals surface area (Å²) in [5, 5.41) is 2.04. The van der Waals surface area contributed by atoms with Crippen LogP contribution in [-0.4, -0.2) is 11.5 Å². The molecule has 1 aliphatic heterocycles. The van der Waals surface area contributed by atoms with Crippen molar-refractivity contribution in [2.75, 3.05) is 0 Å². The number of carbonyl (C=O) groups is 1. The molecular formula is C15H11NO. The summed E-state index contributed by atoms with van der Waals surface area (Å²) in [6, 6.07) is 7.92. The second kappa shape index (κ2) is 3.98. The number of benzene rings is 1. The summed E-state index contributed by atoms with van der Waals surface area (Å²) < 4.78 is 0. The molecule has 0 radical (unpaired) electrons. The molecule has 0 fully saturated rings. The van der Waals surface area contributed by atoms with Crippen LogP contribution in [-0.2, 0) is 4.79 Å². The van der Waals surface area contributed by atoms with Crippen molar-refractivity contribution in [1.29, 1.82) is 0 Å². The van der Waals surface area contributed by atoms with Crippen molar-refractivity contribution < 1.29 is 4.79 Å². The number of hydrogen-bond acceptors (Lipinski definition) is 2. The fraction of sp³-hybridized carbons (Fsp3) is 0.0667. The van der Waals surface area contributed by atoms with E-state index in [0.717, 1.165) is 21.7 Å². The lowest BCUT2D eigenvalue weighted by atomic mass is 9.94. The van der Waals surface area contributed by atoms with Gasteiger partial charge in [0.25, 0.3) is 0 Å². The van der Waals surface area contributed by atoms with Gasteiger partial charge in [0.2, 0.25) is 0 Å². The quantitative estimate of drug-likeness (QED) is 0.645. The van der Waals surface area contributed by atoms with Crippen LogP contribution in [0.15, 0.2) is 53.7 Å². The maximum Gasteiger partial charge on any atom is 0.169 e. The third-order valence-electron chi connectivity index (χ3n) is 2.92. The van der Waals surface area contributed by atoms with Crippen molar-refractivity contribution >= 4 is 23.1 Å². The number of aliphatic imine (C=N–C) groups is 1. The number of carbonyl (C=O) groups excluding carboxylic acids is 1. The van der Waals surface area contributed by atoms with Crippen molar-refractivity contribution in [3.8, 4) is 0 Å². The molecule has 2 heteroatoms. The Morgan fingerprint density at radius 3 is 3.00 bits per heavy atom. The van der Waals surface area contributed by atoms with Gasteiger partial charge in [-0.25, -0.2) is 0 Å². The molecular weight excluding hydrogens is 210 g/mol. The SMILES string of the molecule is O=C1CC=C/C2=N/C=C\C=c3\cccc\c3=C/12. The van der Waals surface area contributed by atoms with E-state index in [-0.39, 0.29) is 5.78 Å². The number of Topliss-reactive ketones (excluding diaryl/α,β-unsaturated/α-hetero) is 1. The van der Waals surface area contributed by atoms with E-state index in [9.17, 15) is 4.79 Å². The van der Waals surface area contributed by atoms with Crippen LogP contribution >= 0.6 is 0 Å². The molecule has 0 saturated heterocycles. The summed E-state index contributed by atoms with van der Waals surface area (Å²) in [5.41, 5.74) is 1.50. The summed E-state index contributed by atoms with van der Waals surface area (Å²) in [4.78, 5) is 16.4. The minimum atomic E-state index is 0.141. The van der Waals surface area contributed by atoms with Crippen LogP contribution in [0.25, 0.3) is 11.6 Å². The van der Waals surface area contributed by atoms with Gasteiger partial charge in [0.15, 0.2) is 5.78 Å². The van der Waals surface area contributed by atoms with Gasteiger partial charge in [-0.1, -0.05) is 36.4 Å².